The minimum Gasteiger partial charge on any atom is -0.480 e. The Bertz CT molecular complexity index is 902. The van der Waals surface area contributed by atoms with Gasteiger partial charge < -0.3 is 9.67 Å². The zero-order valence-corrected chi connectivity index (χ0v) is 14.3. The quantitative estimate of drug-likeness (QED) is 0.858. The molecule has 1 atom stereocenters. The van der Waals surface area contributed by atoms with Gasteiger partial charge in [-0.25, -0.2) is 8.42 Å². The minimum atomic E-state index is -3.81. The molecule has 1 heterocycles. The molecule has 0 saturated heterocycles. The molecule has 2 aromatic rings. The van der Waals surface area contributed by atoms with E-state index >= 15 is 0 Å². The summed E-state index contributed by atoms with van der Waals surface area (Å²) in [5, 5.41) is 9.24. The maximum Gasteiger partial charge on any atom is 0.324 e. The lowest BCUT2D eigenvalue weighted by atomic mass is 10.1. The third-order valence-electron chi connectivity index (χ3n) is 4.20. The van der Waals surface area contributed by atoms with E-state index in [0.29, 0.717) is 0 Å². The molecule has 0 fully saturated rings. The van der Waals surface area contributed by atoms with E-state index in [1.165, 1.54) is 10.6 Å². The van der Waals surface area contributed by atoms with Gasteiger partial charge in [-0.15, -0.1) is 0 Å². The summed E-state index contributed by atoms with van der Waals surface area (Å²) in [4.78, 5) is 23.6. The second kappa shape index (κ2) is 6.60. The van der Waals surface area contributed by atoms with Gasteiger partial charge in [-0.05, 0) is 30.5 Å². The molecule has 0 aliphatic heterocycles. The Morgan fingerprint density at radius 2 is 1.79 bits per heavy atom. The molecule has 0 aliphatic rings. The number of aryl methyl sites for hydroxylation is 1. The summed E-state index contributed by atoms with van der Waals surface area (Å²) in [6.07, 6.45) is 2.25. The molecule has 1 aromatic carbocycles. The van der Waals surface area contributed by atoms with Crippen molar-refractivity contribution in [3.63, 3.8) is 0 Å². The summed E-state index contributed by atoms with van der Waals surface area (Å²) >= 11 is 0. The van der Waals surface area contributed by atoms with Crippen molar-refractivity contribution in [2.24, 2.45) is 0 Å². The predicted molar refractivity (Wildman–Crippen MR) is 91.6 cm³/mol. The third-order valence-corrected chi connectivity index (χ3v) is 6.22. The highest BCUT2D eigenvalue weighted by molar-refractivity contribution is 7.92. The zero-order valence-electron chi connectivity index (χ0n) is 13.5. The van der Waals surface area contributed by atoms with Crippen LogP contribution in [0.3, 0.4) is 0 Å². The molecule has 0 unspecified atom stereocenters. The number of rotatable bonds is 6. The van der Waals surface area contributed by atoms with Crippen LogP contribution in [0.5, 0.6) is 0 Å². The van der Waals surface area contributed by atoms with E-state index in [9.17, 15) is 23.1 Å². The van der Waals surface area contributed by atoms with Crippen LogP contribution in [-0.4, -0.2) is 35.1 Å². The fourth-order valence-corrected chi connectivity index (χ4v) is 3.07. The Balaban J connectivity index is 2.26. The van der Waals surface area contributed by atoms with Gasteiger partial charge in [0.2, 0.25) is 0 Å². The minimum absolute atomic E-state index is 0.00374. The number of nitrogens with zero attached hydrogens (tertiary/aromatic N) is 1. The van der Waals surface area contributed by atoms with Crippen molar-refractivity contribution >= 4 is 15.8 Å². The molecule has 0 amide bonds. The zero-order chi connectivity index (χ0) is 18.0. The first-order chi connectivity index (χ1) is 11.1. The van der Waals surface area contributed by atoms with Crippen LogP contribution in [0.2, 0.25) is 0 Å². The van der Waals surface area contributed by atoms with E-state index in [1.807, 2.05) is 30.3 Å². The van der Waals surface area contributed by atoms with Crippen LogP contribution < -0.4 is 5.56 Å². The maximum absolute atomic E-state index is 12.2. The summed E-state index contributed by atoms with van der Waals surface area (Å²) in [6, 6.07) is 12.6. The van der Waals surface area contributed by atoms with E-state index < -0.39 is 20.6 Å². The average molecular weight is 349 g/mol. The van der Waals surface area contributed by atoms with Gasteiger partial charge in [-0.1, -0.05) is 30.3 Å². The van der Waals surface area contributed by atoms with Gasteiger partial charge in [0.1, 0.15) is 0 Å². The first-order valence-electron chi connectivity index (χ1n) is 7.34. The second-order valence-electron chi connectivity index (χ2n) is 5.87. The average Bonchev–Trinajstić information content (AvgIpc) is 2.53. The van der Waals surface area contributed by atoms with E-state index in [-0.39, 0.29) is 18.5 Å². The van der Waals surface area contributed by atoms with Crippen molar-refractivity contribution in [3.05, 3.63) is 59.0 Å². The molecule has 0 bridgehead atoms. The number of benzene rings is 1. The van der Waals surface area contributed by atoms with E-state index in [1.54, 1.807) is 12.3 Å². The van der Waals surface area contributed by atoms with Gasteiger partial charge in [0.05, 0.1) is 0 Å². The Morgan fingerprint density at radius 3 is 2.29 bits per heavy atom. The monoisotopic (exact) mass is 349 g/mol. The fourth-order valence-electron chi connectivity index (χ4n) is 2.29. The summed E-state index contributed by atoms with van der Waals surface area (Å²) in [7, 11) is -3.81. The Labute approximate surface area is 140 Å². The highest BCUT2D eigenvalue weighted by Crippen LogP contribution is 2.22. The molecule has 0 radical (unpaired) electrons. The van der Waals surface area contributed by atoms with Crippen LogP contribution >= 0.6 is 0 Å². The van der Waals surface area contributed by atoms with E-state index in [4.69, 9.17) is 0 Å². The summed E-state index contributed by atoms with van der Waals surface area (Å²) in [6.45, 7) is 1.16. The highest BCUT2D eigenvalue weighted by atomic mass is 32.2. The molecule has 0 aliphatic carbocycles. The van der Waals surface area contributed by atoms with E-state index in [2.05, 4.69) is 0 Å². The molecule has 1 N–H and O–H groups in total. The van der Waals surface area contributed by atoms with Crippen molar-refractivity contribution < 1.29 is 18.3 Å². The molecule has 6 nitrogen and oxygen atoms in total. The predicted octanol–water partition coefficient (Wildman–Crippen LogP) is 1.79. The van der Waals surface area contributed by atoms with Crippen LogP contribution in [0.1, 0.15) is 13.3 Å². The molecule has 24 heavy (non-hydrogen) atoms. The van der Waals surface area contributed by atoms with Crippen LogP contribution in [0, 0.1) is 0 Å². The number of carboxylic acids is 1. The summed E-state index contributed by atoms with van der Waals surface area (Å²) < 4.78 is 22.9. The van der Waals surface area contributed by atoms with Crippen LogP contribution in [0.15, 0.2) is 53.5 Å². The van der Waals surface area contributed by atoms with Gasteiger partial charge in [0.15, 0.2) is 14.6 Å². The molecule has 0 saturated carbocycles. The van der Waals surface area contributed by atoms with Crippen molar-refractivity contribution in [2.45, 2.75) is 24.6 Å². The van der Waals surface area contributed by atoms with Crippen LogP contribution in [-0.2, 0) is 21.2 Å². The Kier molecular flexibility index (Phi) is 4.94. The number of carbonyl (C=O) groups is 1. The van der Waals surface area contributed by atoms with Gasteiger partial charge in [0, 0.05) is 25.1 Å². The lowest BCUT2D eigenvalue weighted by Gasteiger charge is -2.23. The molecule has 7 heteroatoms. The fraction of sp³-hybridized carbons (Fsp3) is 0.294. The standard InChI is InChI=1S/C17H19NO5S/c1-17(16(20)21,24(2,22)23)9-11-18-10-8-14(12-15(18)19)13-6-4-3-5-7-13/h3-8,10,12H,9,11H2,1-2H3,(H,20,21)/t17-/m1/s1. The number of aliphatic carboxylic acids is 1. The smallest absolute Gasteiger partial charge is 0.324 e. The number of aromatic nitrogens is 1. The molecular weight excluding hydrogens is 330 g/mol. The lowest BCUT2D eigenvalue weighted by Crippen LogP contribution is -2.44. The maximum atomic E-state index is 12.2. The molecular formula is C17H19NO5S. The van der Waals surface area contributed by atoms with Gasteiger partial charge in [-0.2, -0.15) is 0 Å². The molecule has 1 aromatic heterocycles. The summed E-state index contributed by atoms with van der Waals surface area (Å²) in [5.41, 5.74) is 1.34. The van der Waals surface area contributed by atoms with Crippen molar-refractivity contribution in [3.8, 4) is 11.1 Å². The summed E-state index contributed by atoms with van der Waals surface area (Å²) in [5.74, 6) is -1.42. The first kappa shape index (κ1) is 17.9. The van der Waals surface area contributed by atoms with Crippen molar-refractivity contribution in [2.75, 3.05) is 6.26 Å². The molecule has 2 rings (SSSR count). The van der Waals surface area contributed by atoms with Crippen molar-refractivity contribution in [1.82, 2.24) is 4.57 Å². The normalized spacial score (nSPS) is 14.1. The topological polar surface area (TPSA) is 93.4 Å². The molecule has 0 spiro atoms. The SMILES string of the molecule is C[C@@](CCn1ccc(-c2ccccc2)cc1=O)(C(=O)O)S(C)(=O)=O. The number of hydrogen-bond donors (Lipinski definition) is 1. The first-order valence-corrected chi connectivity index (χ1v) is 9.23. The van der Waals surface area contributed by atoms with Gasteiger partial charge in [-0.3, -0.25) is 9.59 Å². The second-order valence-corrected chi connectivity index (χ2v) is 8.32. The largest absolute Gasteiger partial charge is 0.480 e. The highest BCUT2D eigenvalue weighted by Gasteiger charge is 2.43. The van der Waals surface area contributed by atoms with Gasteiger partial charge >= 0.3 is 5.97 Å². The van der Waals surface area contributed by atoms with Crippen LogP contribution in [0.4, 0.5) is 0 Å². The third kappa shape index (κ3) is 3.56. The molecule has 128 valence electrons. The number of sulfone groups is 1. The van der Waals surface area contributed by atoms with E-state index in [0.717, 1.165) is 24.3 Å². The van der Waals surface area contributed by atoms with Crippen LogP contribution in [0.25, 0.3) is 11.1 Å². The Morgan fingerprint density at radius 1 is 1.17 bits per heavy atom. The number of carboxylic acid groups (broad SMARTS) is 1. The number of pyridine rings is 1. The number of hydrogen-bond acceptors (Lipinski definition) is 4. The van der Waals surface area contributed by atoms with Crippen molar-refractivity contribution in [1.29, 1.82) is 0 Å². The Hall–Kier alpha value is -2.41. The lowest BCUT2D eigenvalue weighted by molar-refractivity contribution is -0.139. The van der Waals surface area contributed by atoms with Gasteiger partial charge in [0.25, 0.3) is 5.56 Å².